The smallest absolute Gasteiger partial charge is 0.0256 e. The molecule has 1 aliphatic rings. The van der Waals surface area contributed by atoms with Gasteiger partial charge in [0, 0.05) is 17.9 Å². The lowest BCUT2D eigenvalue weighted by molar-refractivity contribution is 0.325. The molecule has 1 rings (SSSR count). The maximum absolute atomic E-state index is 6.11. The fraction of sp³-hybridized carbons (Fsp3) is 0.875. The van der Waals surface area contributed by atoms with Crippen molar-refractivity contribution in [2.75, 3.05) is 13.6 Å². The van der Waals surface area contributed by atoms with E-state index >= 15 is 0 Å². The standard InChI is InChI=1S/C16H33N3/c1-13-6-8-16(9-7-13)19-12-15(17)11-14(2)5-4-10-18-3/h12-14,16,18-19H,4-11,17H2,1-3H3/b15-12-. The molecule has 0 aromatic carbocycles. The Kier molecular flexibility index (Phi) is 7.96. The Morgan fingerprint density at radius 1 is 1.32 bits per heavy atom. The third kappa shape index (κ3) is 7.46. The zero-order chi connectivity index (χ0) is 14.1. The molecule has 1 fully saturated rings. The summed E-state index contributed by atoms with van der Waals surface area (Å²) < 4.78 is 0. The van der Waals surface area contributed by atoms with Gasteiger partial charge >= 0.3 is 0 Å². The van der Waals surface area contributed by atoms with E-state index in [-0.39, 0.29) is 0 Å². The Hall–Kier alpha value is -0.700. The van der Waals surface area contributed by atoms with Crippen LogP contribution in [0.4, 0.5) is 0 Å². The number of nitrogens with two attached hydrogens (primary N) is 1. The van der Waals surface area contributed by atoms with Gasteiger partial charge in [0.1, 0.15) is 0 Å². The third-order valence-corrected chi connectivity index (χ3v) is 4.23. The molecule has 112 valence electrons. The first-order chi connectivity index (χ1) is 9.11. The van der Waals surface area contributed by atoms with E-state index in [9.17, 15) is 0 Å². The average Bonchev–Trinajstić information content (AvgIpc) is 2.38. The van der Waals surface area contributed by atoms with Crippen LogP contribution in [-0.2, 0) is 0 Å². The van der Waals surface area contributed by atoms with E-state index in [1.165, 1.54) is 38.5 Å². The molecular formula is C16H33N3. The van der Waals surface area contributed by atoms with Crippen LogP contribution in [0.1, 0.15) is 58.8 Å². The van der Waals surface area contributed by atoms with E-state index in [0.29, 0.717) is 12.0 Å². The highest BCUT2D eigenvalue weighted by Gasteiger charge is 2.16. The molecule has 4 N–H and O–H groups in total. The Morgan fingerprint density at radius 3 is 2.63 bits per heavy atom. The van der Waals surface area contributed by atoms with E-state index in [4.69, 9.17) is 5.73 Å². The van der Waals surface area contributed by atoms with Gasteiger partial charge in [0.25, 0.3) is 0 Å². The van der Waals surface area contributed by atoms with Gasteiger partial charge < -0.3 is 16.4 Å². The Balaban J connectivity index is 2.17. The van der Waals surface area contributed by atoms with Crippen LogP contribution in [0.25, 0.3) is 0 Å². The molecule has 3 heteroatoms. The molecule has 1 aliphatic carbocycles. The fourth-order valence-corrected chi connectivity index (χ4v) is 2.84. The zero-order valence-electron chi connectivity index (χ0n) is 13.0. The third-order valence-electron chi connectivity index (χ3n) is 4.23. The minimum absolute atomic E-state index is 0.648. The van der Waals surface area contributed by atoms with Gasteiger partial charge in [-0.05, 0) is 70.4 Å². The van der Waals surface area contributed by atoms with Crippen LogP contribution < -0.4 is 16.4 Å². The molecule has 0 spiro atoms. The van der Waals surface area contributed by atoms with Crippen LogP contribution in [0.5, 0.6) is 0 Å². The molecule has 0 aromatic rings. The van der Waals surface area contributed by atoms with E-state index in [0.717, 1.165) is 24.6 Å². The van der Waals surface area contributed by atoms with Crippen molar-refractivity contribution in [1.82, 2.24) is 10.6 Å². The highest BCUT2D eigenvalue weighted by molar-refractivity contribution is 4.97. The summed E-state index contributed by atoms with van der Waals surface area (Å²) in [5.74, 6) is 1.59. The number of allylic oxidation sites excluding steroid dienone is 1. The van der Waals surface area contributed by atoms with Crippen molar-refractivity contribution in [1.29, 1.82) is 0 Å². The summed E-state index contributed by atoms with van der Waals surface area (Å²) in [7, 11) is 2.01. The number of nitrogens with one attached hydrogen (secondary N) is 2. The van der Waals surface area contributed by atoms with Gasteiger partial charge in [-0.2, -0.15) is 0 Å². The molecule has 1 unspecified atom stereocenters. The first-order valence-corrected chi connectivity index (χ1v) is 7.97. The molecule has 0 saturated heterocycles. The minimum atomic E-state index is 0.648. The topological polar surface area (TPSA) is 50.1 Å². The van der Waals surface area contributed by atoms with Crippen LogP contribution in [0.2, 0.25) is 0 Å². The fourth-order valence-electron chi connectivity index (χ4n) is 2.84. The van der Waals surface area contributed by atoms with Crippen LogP contribution >= 0.6 is 0 Å². The Morgan fingerprint density at radius 2 is 2.00 bits per heavy atom. The summed E-state index contributed by atoms with van der Waals surface area (Å²) in [6.45, 7) is 5.75. The number of hydrogen-bond donors (Lipinski definition) is 3. The predicted molar refractivity (Wildman–Crippen MR) is 83.8 cm³/mol. The van der Waals surface area contributed by atoms with Gasteiger partial charge in [-0.1, -0.05) is 13.8 Å². The Bertz CT molecular complexity index is 255. The molecule has 0 aliphatic heterocycles. The summed E-state index contributed by atoms with van der Waals surface area (Å²) in [5, 5.41) is 6.71. The summed E-state index contributed by atoms with van der Waals surface area (Å²) in [6, 6.07) is 0.648. The van der Waals surface area contributed by atoms with Gasteiger partial charge in [0.2, 0.25) is 0 Å². The van der Waals surface area contributed by atoms with Gasteiger partial charge in [-0.3, -0.25) is 0 Å². The Labute approximate surface area is 119 Å². The van der Waals surface area contributed by atoms with Crippen LogP contribution in [-0.4, -0.2) is 19.6 Å². The van der Waals surface area contributed by atoms with Crippen molar-refractivity contribution >= 4 is 0 Å². The van der Waals surface area contributed by atoms with Gasteiger partial charge in [-0.15, -0.1) is 0 Å². The lowest BCUT2D eigenvalue weighted by Gasteiger charge is -2.26. The molecule has 0 aromatic heterocycles. The SMILES string of the molecule is CNCCCC(C)C/C(N)=C/NC1CCC(C)CC1. The van der Waals surface area contributed by atoms with E-state index in [1.54, 1.807) is 0 Å². The lowest BCUT2D eigenvalue weighted by atomic mass is 9.87. The van der Waals surface area contributed by atoms with Crippen LogP contribution in [0.3, 0.4) is 0 Å². The summed E-state index contributed by atoms with van der Waals surface area (Å²) in [6.07, 6.45) is 10.9. The molecule has 0 bridgehead atoms. The lowest BCUT2D eigenvalue weighted by Crippen LogP contribution is -2.29. The monoisotopic (exact) mass is 267 g/mol. The molecular weight excluding hydrogens is 234 g/mol. The van der Waals surface area contributed by atoms with Gasteiger partial charge in [-0.25, -0.2) is 0 Å². The molecule has 1 saturated carbocycles. The van der Waals surface area contributed by atoms with E-state index < -0.39 is 0 Å². The number of rotatable bonds is 8. The van der Waals surface area contributed by atoms with Crippen molar-refractivity contribution in [2.45, 2.75) is 64.8 Å². The zero-order valence-corrected chi connectivity index (χ0v) is 13.0. The quantitative estimate of drug-likeness (QED) is 0.593. The van der Waals surface area contributed by atoms with Crippen molar-refractivity contribution in [3.05, 3.63) is 11.9 Å². The van der Waals surface area contributed by atoms with Crippen molar-refractivity contribution in [3.63, 3.8) is 0 Å². The second kappa shape index (κ2) is 9.24. The predicted octanol–water partition coefficient (Wildman–Crippen LogP) is 2.98. The average molecular weight is 267 g/mol. The maximum atomic E-state index is 6.11. The summed E-state index contributed by atoms with van der Waals surface area (Å²) in [5.41, 5.74) is 7.12. The van der Waals surface area contributed by atoms with Crippen molar-refractivity contribution < 1.29 is 0 Å². The molecule has 3 nitrogen and oxygen atoms in total. The normalized spacial score (nSPS) is 26.2. The second-order valence-corrected chi connectivity index (χ2v) is 6.40. The largest absolute Gasteiger partial charge is 0.401 e. The number of hydrogen-bond acceptors (Lipinski definition) is 3. The first-order valence-electron chi connectivity index (χ1n) is 7.97. The minimum Gasteiger partial charge on any atom is -0.401 e. The molecule has 0 amide bonds. The van der Waals surface area contributed by atoms with Crippen LogP contribution in [0.15, 0.2) is 11.9 Å². The van der Waals surface area contributed by atoms with E-state index in [2.05, 4.69) is 30.7 Å². The maximum Gasteiger partial charge on any atom is 0.0256 e. The molecule has 0 radical (unpaired) electrons. The first kappa shape index (κ1) is 16.4. The van der Waals surface area contributed by atoms with Crippen molar-refractivity contribution in [3.8, 4) is 0 Å². The summed E-state index contributed by atoms with van der Waals surface area (Å²) in [4.78, 5) is 0. The summed E-state index contributed by atoms with van der Waals surface area (Å²) >= 11 is 0. The highest BCUT2D eigenvalue weighted by Crippen LogP contribution is 2.23. The van der Waals surface area contributed by atoms with Gasteiger partial charge in [0.15, 0.2) is 0 Å². The van der Waals surface area contributed by atoms with E-state index in [1.807, 2.05) is 7.05 Å². The molecule has 19 heavy (non-hydrogen) atoms. The molecule has 0 heterocycles. The molecule has 1 atom stereocenters. The van der Waals surface area contributed by atoms with Crippen molar-refractivity contribution in [2.24, 2.45) is 17.6 Å². The highest BCUT2D eigenvalue weighted by atomic mass is 14.9. The second-order valence-electron chi connectivity index (χ2n) is 6.40. The van der Waals surface area contributed by atoms with Crippen LogP contribution in [0, 0.1) is 11.8 Å². The van der Waals surface area contributed by atoms with Gasteiger partial charge in [0.05, 0.1) is 0 Å².